The second-order valence-electron chi connectivity index (χ2n) is 3.70. The standard InChI is InChI=1S/C15H14FNO/c16-10-11-18-15-8-6-14(7-9-15)17-12-13-4-2-1-3-5-13/h1-9,12H,10-11H2. The first-order valence-corrected chi connectivity index (χ1v) is 5.76. The normalized spacial score (nSPS) is 10.7. The maximum absolute atomic E-state index is 11.9. The molecule has 0 unspecified atom stereocenters. The molecule has 0 aliphatic carbocycles. The van der Waals surface area contributed by atoms with Crippen LogP contribution in [0.2, 0.25) is 0 Å². The van der Waals surface area contributed by atoms with E-state index in [0.29, 0.717) is 5.75 Å². The number of hydrogen-bond donors (Lipinski definition) is 0. The molecule has 2 rings (SSSR count). The van der Waals surface area contributed by atoms with Crippen LogP contribution in [0.5, 0.6) is 5.75 Å². The third kappa shape index (κ3) is 3.70. The Labute approximate surface area is 106 Å². The van der Waals surface area contributed by atoms with Gasteiger partial charge in [0.2, 0.25) is 0 Å². The lowest BCUT2D eigenvalue weighted by atomic mass is 10.2. The van der Waals surface area contributed by atoms with Crippen molar-refractivity contribution in [3.05, 3.63) is 60.2 Å². The van der Waals surface area contributed by atoms with E-state index in [1.54, 1.807) is 18.3 Å². The van der Waals surface area contributed by atoms with E-state index in [4.69, 9.17) is 4.74 Å². The Morgan fingerprint density at radius 1 is 1.00 bits per heavy atom. The molecule has 2 aromatic carbocycles. The van der Waals surface area contributed by atoms with Crippen LogP contribution in [0.25, 0.3) is 0 Å². The van der Waals surface area contributed by atoms with Gasteiger partial charge in [0.05, 0.1) is 5.69 Å². The van der Waals surface area contributed by atoms with Crippen LogP contribution in [0.15, 0.2) is 59.6 Å². The van der Waals surface area contributed by atoms with Gasteiger partial charge in [-0.15, -0.1) is 0 Å². The third-order valence-corrected chi connectivity index (χ3v) is 2.34. The van der Waals surface area contributed by atoms with Crippen LogP contribution in [0.3, 0.4) is 0 Å². The van der Waals surface area contributed by atoms with Gasteiger partial charge < -0.3 is 4.74 Å². The number of hydrogen-bond acceptors (Lipinski definition) is 2. The first-order chi connectivity index (χ1) is 8.88. The van der Waals surface area contributed by atoms with E-state index in [1.807, 2.05) is 42.5 Å². The molecule has 0 spiro atoms. The first-order valence-electron chi connectivity index (χ1n) is 5.76. The molecule has 0 saturated heterocycles. The highest BCUT2D eigenvalue weighted by Crippen LogP contribution is 2.18. The van der Waals surface area contributed by atoms with Crippen LogP contribution in [-0.2, 0) is 0 Å². The average Bonchev–Trinajstić information content (AvgIpc) is 2.45. The number of alkyl halides is 1. The molecule has 0 aliphatic rings. The van der Waals surface area contributed by atoms with Crippen molar-refractivity contribution in [2.24, 2.45) is 4.99 Å². The third-order valence-electron chi connectivity index (χ3n) is 2.34. The summed E-state index contributed by atoms with van der Waals surface area (Å²) in [6, 6.07) is 17.1. The number of benzene rings is 2. The van der Waals surface area contributed by atoms with Gasteiger partial charge in [0, 0.05) is 6.21 Å². The molecule has 0 saturated carbocycles. The summed E-state index contributed by atoms with van der Waals surface area (Å²) in [5.74, 6) is 0.659. The molecular weight excluding hydrogens is 229 g/mol. The van der Waals surface area contributed by atoms with Crippen molar-refractivity contribution in [3.63, 3.8) is 0 Å². The molecule has 0 aromatic heterocycles. The number of halogens is 1. The first kappa shape index (κ1) is 12.3. The van der Waals surface area contributed by atoms with E-state index >= 15 is 0 Å². The molecule has 92 valence electrons. The molecule has 2 nitrogen and oxygen atoms in total. The fourth-order valence-electron chi connectivity index (χ4n) is 1.47. The highest BCUT2D eigenvalue weighted by molar-refractivity contribution is 5.81. The molecule has 0 atom stereocenters. The number of nitrogens with zero attached hydrogens (tertiary/aromatic N) is 1. The summed E-state index contributed by atoms with van der Waals surface area (Å²) >= 11 is 0. The van der Waals surface area contributed by atoms with Crippen LogP contribution in [0.1, 0.15) is 5.56 Å². The van der Waals surface area contributed by atoms with Gasteiger partial charge in [-0.3, -0.25) is 4.99 Å². The van der Waals surface area contributed by atoms with E-state index in [-0.39, 0.29) is 6.61 Å². The van der Waals surface area contributed by atoms with E-state index in [2.05, 4.69) is 4.99 Å². The number of rotatable bonds is 5. The van der Waals surface area contributed by atoms with Gasteiger partial charge in [-0.2, -0.15) is 0 Å². The zero-order chi connectivity index (χ0) is 12.6. The lowest BCUT2D eigenvalue weighted by Crippen LogP contribution is -1.97. The fraction of sp³-hybridized carbons (Fsp3) is 0.133. The highest BCUT2D eigenvalue weighted by atomic mass is 19.1. The Morgan fingerprint density at radius 2 is 1.72 bits per heavy atom. The molecule has 0 heterocycles. The molecule has 0 amide bonds. The summed E-state index contributed by atoms with van der Waals surface area (Å²) < 4.78 is 17.1. The smallest absolute Gasteiger partial charge is 0.123 e. The summed E-state index contributed by atoms with van der Waals surface area (Å²) in [7, 11) is 0. The fourth-order valence-corrected chi connectivity index (χ4v) is 1.47. The predicted molar refractivity (Wildman–Crippen MR) is 71.6 cm³/mol. The van der Waals surface area contributed by atoms with Gasteiger partial charge in [-0.1, -0.05) is 30.3 Å². The van der Waals surface area contributed by atoms with Crippen LogP contribution in [0.4, 0.5) is 10.1 Å². The molecule has 2 aromatic rings. The molecule has 3 heteroatoms. The van der Waals surface area contributed by atoms with E-state index < -0.39 is 6.67 Å². The molecule has 0 fully saturated rings. The van der Waals surface area contributed by atoms with Gasteiger partial charge in [0.15, 0.2) is 0 Å². The second kappa shape index (κ2) is 6.55. The molecular formula is C15H14FNO. The zero-order valence-electron chi connectivity index (χ0n) is 9.92. The van der Waals surface area contributed by atoms with Crippen LogP contribution in [0, 0.1) is 0 Å². The van der Waals surface area contributed by atoms with Crippen LogP contribution >= 0.6 is 0 Å². The van der Waals surface area contributed by atoms with Crippen molar-refractivity contribution in [1.82, 2.24) is 0 Å². The van der Waals surface area contributed by atoms with Gasteiger partial charge in [-0.25, -0.2) is 4.39 Å². The molecule has 0 radical (unpaired) electrons. The van der Waals surface area contributed by atoms with Crippen molar-refractivity contribution in [2.45, 2.75) is 0 Å². The predicted octanol–water partition coefficient (Wildman–Crippen LogP) is 3.79. The van der Waals surface area contributed by atoms with E-state index in [1.165, 1.54) is 0 Å². The molecule has 0 bridgehead atoms. The Hall–Kier alpha value is -2.16. The van der Waals surface area contributed by atoms with Crippen LogP contribution < -0.4 is 4.74 Å². The molecule has 0 aliphatic heterocycles. The highest BCUT2D eigenvalue weighted by Gasteiger charge is 1.93. The maximum Gasteiger partial charge on any atom is 0.123 e. The largest absolute Gasteiger partial charge is 0.491 e. The maximum atomic E-state index is 11.9. The minimum Gasteiger partial charge on any atom is -0.491 e. The Balaban J connectivity index is 2.00. The lowest BCUT2D eigenvalue weighted by molar-refractivity contribution is 0.273. The monoisotopic (exact) mass is 243 g/mol. The summed E-state index contributed by atoms with van der Waals surface area (Å²) in [5, 5.41) is 0. The summed E-state index contributed by atoms with van der Waals surface area (Å²) in [4.78, 5) is 4.34. The summed E-state index contributed by atoms with van der Waals surface area (Å²) in [5.41, 5.74) is 1.89. The lowest BCUT2D eigenvalue weighted by Gasteiger charge is -2.02. The molecule has 18 heavy (non-hydrogen) atoms. The van der Waals surface area contributed by atoms with Crippen LogP contribution in [-0.4, -0.2) is 19.5 Å². The van der Waals surface area contributed by atoms with Crippen molar-refractivity contribution in [3.8, 4) is 5.75 Å². The SMILES string of the molecule is FCCOc1ccc(N=Cc2ccccc2)cc1. The van der Waals surface area contributed by atoms with Gasteiger partial charge in [0.25, 0.3) is 0 Å². The van der Waals surface area contributed by atoms with Gasteiger partial charge >= 0.3 is 0 Å². The zero-order valence-corrected chi connectivity index (χ0v) is 9.92. The number of aliphatic imine (C=N–C) groups is 1. The van der Waals surface area contributed by atoms with E-state index in [0.717, 1.165) is 11.3 Å². The van der Waals surface area contributed by atoms with E-state index in [9.17, 15) is 4.39 Å². The van der Waals surface area contributed by atoms with Gasteiger partial charge in [0.1, 0.15) is 19.0 Å². The number of ether oxygens (including phenoxy) is 1. The minimum absolute atomic E-state index is 0.0899. The second-order valence-corrected chi connectivity index (χ2v) is 3.70. The summed E-state index contributed by atoms with van der Waals surface area (Å²) in [6.45, 7) is -0.388. The quantitative estimate of drug-likeness (QED) is 0.732. The average molecular weight is 243 g/mol. The Kier molecular flexibility index (Phi) is 4.47. The Morgan fingerprint density at radius 3 is 2.39 bits per heavy atom. The summed E-state index contributed by atoms with van der Waals surface area (Å²) in [6.07, 6.45) is 1.80. The topological polar surface area (TPSA) is 21.6 Å². The Bertz CT molecular complexity index is 494. The van der Waals surface area contributed by atoms with Crippen molar-refractivity contribution < 1.29 is 9.13 Å². The minimum atomic E-state index is -0.478. The van der Waals surface area contributed by atoms with Crippen molar-refractivity contribution in [1.29, 1.82) is 0 Å². The molecule has 0 N–H and O–H groups in total. The van der Waals surface area contributed by atoms with Gasteiger partial charge in [-0.05, 0) is 29.8 Å². The van der Waals surface area contributed by atoms with Crippen molar-refractivity contribution in [2.75, 3.05) is 13.3 Å². The van der Waals surface area contributed by atoms with Crippen molar-refractivity contribution >= 4 is 11.9 Å².